The quantitative estimate of drug-likeness (QED) is 0.396. The molecule has 3 aromatic heterocycles. The van der Waals surface area contributed by atoms with Crippen molar-refractivity contribution in [2.24, 2.45) is 10.7 Å². The zero-order valence-corrected chi connectivity index (χ0v) is 18.6. The van der Waals surface area contributed by atoms with Crippen LogP contribution in [-0.2, 0) is 0 Å². The minimum atomic E-state index is -0.390. The van der Waals surface area contributed by atoms with Gasteiger partial charge in [-0.3, -0.25) is 14.8 Å². The maximum absolute atomic E-state index is 13.1. The van der Waals surface area contributed by atoms with Crippen molar-refractivity contribution < 1.29 is 14.1 Å². The van der Waals surface area contributed by atoms with Gasteiger partial charge in [-0.05, 0) is 31.2 Å². The molecule has 0 radical (unpaired) electrons. The fourth-order valence-corrected chi connectivity index (χ4v) is 3.24. The summed E-state index contributed by atoms with van der Waals surface area (Å²) in [6.45, 7) is 1.69. The van der Waals surface area contributed by atoms with Gasteiger partial charge in [0, 0.05) is 35.9 Å². The molecule has 0 aliphatic heterocycles. The Bertz CT molecular complexity index is 1350. The molecule has 0 aliphatic carbocycles. The van der Waals surface area contributed by atoms with E-state index < -0.39 is 0 Å². The smallest absolute Gasteiger partial charge is 0.261 e. The molecule has 0 fully saturated rings. The van der Waals surface area contributed by atoms with E-state index in [1.54, 1.807) is 49.8 Å². The lowest BCUT2D eigenvalue weighted by Crippen LogP contribution is -2.15. The number of aromatic nitrogens is 3. The van der Waals surface area contributed by atoms with Crippen molar-refractivity contribution in [2.45, 2.75) is 6.92 Å². The van der Waals surface area contributed by atoms with Gasteiger partial charge < -0.3 is 20.3 Å². The second-order valence-corrected chi connectivity index (χ2v) is 7.12. The fourth-order valence-electron chi connectivity index (χ4n) is 3.24. The number of nitrogens with one attached hydrogen (secondary N) is 1. The summed E-state index contributed by atoms with van der Waals surface area (Å²) < 4.78 is 10.7. The van der Waals surface area contributed by atoms with E-state index in [4.69, 9.17) is 15.0 Å². The van der Waals surface area contributed by atoms with Gasteiger partial charge in [0.2, 0.25) is 5.88 Å². The molecule has 9 nitrogen and oxygen atoms in total. The number of carbonyl (C=O) groups is 1. The van der Waals surface area contributed by atoms with Crippen LogP contribution in [0, 0.1) is 6.92 Å². The number of rotatable bonds is 7. The number of hydrogen-bond acceptors (Lipinski definition) is 8. The van der Waals surface area contributed by atoms with Crippen LogP contribution in [-0.4, -0.2) is 34.4 Å². The summed E-state index contributed by atoms with van der Waals surface area (Å²) in [5.41, 5.74) is 9.59. The van der Waals surface area contributed by atoms with Gasteiger partial charge in [0.15, 0.2) is 0 Å². The third kappa shape index (κ3) is 4.83. The highest BCUT2D eigenvalue weighted by atomic mass is 16.5. The number of amides is 1. The lowest BCUT2D eigenvalue weighted by Gasteiger charge is -2.11. The summed E-state index contributed by atoms with van der Waals surface area (Å²) in [6, 6.07) is 16.3. The van der Waals surface area contributed by atoms with Crippen LogP contribution >= 0.6 is 0 Å². The van der Waals surface area contributed by atoms with Gasteiger partial charge in [-0.15, -0.1) is 0 Å². The number of aryl methyl sites for hydroxylation is 1. The first-order valence-corrected chi connectivity index (χ1v) is 10.3. The number of hydrogen-bond donors (Lipinski definition) is 2. The van der Waals surface area contributed by atoms with E-state index in [0.29, 0.717) is 34.0 Å². The van der Waals surface area contributed by atoms with Gasteiger partial charge in [-0.25, -0.2) is 4.98 Å². The van der Waals surface area contributed by atoms with Crippen LogP contribution in [0.25, 0.3) is 16.8 Å². The lowest BCUT2D eigenvalue weighted by molar-refractivity contribution is 0.102. The molecule has 3 heterocycles. The van der Waals surface area contributed by atoms with Crippen LogP contribution in [0.1, 0.15) is 21.8 Å². The topological polar surface area (TPSA) is 129 Å². The van der Waals surface area contributed by atoms with E-state index in [9.17, 15) is 4.79 Å². The molecule has 170 valence electrons. The highest BCUT2D eigenvalue weighted by molar-refractivity contribution is 6.11. The molecule has 0 unspecified atom stereocenters. The van der Waals surface area contributed by atoms with Gasteiger partial charge in [0.1, 0.15) is 22.7 Å². The molecular formula is C25H22N6O3. The molecule has 0 aliphatic rings. The van der Waals surface area contributed by atoms with Gasteiger partial charge in [0.05, 0.1) is 18.5 Å². The first kappa shape index (κ1) is 22.4. The summed E-state index contributed by atoms with van der Waals surface area (Å²) >= 11 is 0. The summed E-state index contributed by atoms with van der Waals surface area (Å²) in [6.07, 6.45) is 6.30. The van der Waals surface area contributed by atoms with E-state index in [1.165, 1.54) is 13.3 Å². The van der Waals surface area contributed by atoms with Crippen molar-refractivity contribution in [3.8, 4) is 17.1 Å². The van der Waals surface area contributed by atoms with Crippen LogP contribution in [0.4, 0.5) is 11.4 Å². The number of nitrogens with zero attached hydrogens (tertiary/aromatic N) is 4. The van der Waals surface area contributed by atoms with Crippen LogP contribution in [0.3, 0.4) is 0 Å². The number of carbonyl (C=O) groups excluding carboxylic acids is 1. The van der Waals surface area contributed by atoms with Gasteiger partial charge in [0.25, 0.3) is 5.91 Å². The van der Waals surface area contributed by atoms with Crippen LogP contribution in [0.15, 0.2) is 82.7 Å². The average molecular weight is 454 g/mol. The summed E-state index contributed by atoms with van der Waals surface area (Å²) in [5, 5.41) is 6.90. The number of nitrogens with two attached hydrogens (primary N) is 1. The van der Waals surface area contributed by atoms with Crippen molar-refractivity contribution >= 4 is 29.1 Å². The van der Waals surface area contributed by atoms with E-state index in [-0.39, 0.29) is 11.8 Å². The molecule has 0 bridgehead atoms. The minimum Gasteiger partial charge on any atom is -0.479 e. The monoisotopic (exact) mass is 454 g/mol. The summed E-state index contributed by atoms with van der Waals surface area (Å²) in [5.74, 6) is 0.234. The third-order valence-electron chi connectivity index (χ3n) is 4.93. The first-order chi connectivity index (χ1) is 16.6. The van der Waals surface area contributed by atoms with E-state index >= 15 is 0 Å². The molecular weight excluding hydrogens is 432 g/mol. The Morgan fingerprint density at radius 2 is 1.88 bits per heavy atom. The minimum absolute atomic E-state index is 0.220. The highest BCUT2D eigenvalue weighted by Gasteiger charge is 2.23. The molecule has 1 aromatic carbocycles. The van der Waals surface area contributed by atoms with E-state index in [0.717, 1.165) is 11.3 Å². The molecule has 4 rings (SSSR count). The molecule has 0 saturated carbocycles. The number of methoxy groups -OCH3 is 1. The maximum Gasteiger partial charge on any atom is 0.261 e. The average Bonchev–Trinajstić information content (AvgIpc) is 3.27. The van der Waals surface area contributed by atoms with Gasteiger partial charge in [-0.1, -0.05) is 35.5 Å². The molecule has 3 N–H and O–H groups in total. The zero-order chi connectivity index (χ0) is 23.9. The SMILES string of the molecule is COc1nc(C(C=Nc2ccncc2)=CN)ccc1NC(=O)c1c(-c2ccccc2)noc1C. The second kappa shape index (κ2) is 10.2. The van der Waals surface area contributed by atoms with Gasteiger partial charge >= 0.3 is 0 Å². The number of ether oxygens (including phenoxy) is 1. The highest BCUT2D eigenvalue weighted by Crippen LogP contribution is 2.29. The normalized spacial score (nSPS) is 11.5. The van der Waals surface area contributed by atoms with Crippen LogP contribution < -0.4 is 15.8 Å². The molecule has 9 heteroatoms. The molecule has 0 atom stereocenters. The van der Waals surface area contributed by atoms with Crippen molar-refractivity contribution in [1.82, 2.24) is 15.1 Å². The summed E-state index contributed by atoms with van der Waals surface area (Å²) in [4.78, 5) is 26.0. The first-order valence-electron chi connectivity index (χ1n) is 10.3. The second-order valence-electron chi connectivity index (χ2n) is 7.12. The number of benzene rings is 1. The fraction of sp³-hybridized carbons (Fsp3) is 0.0800. The largest absolute Gasteiger partial charge is 0.479 e. The van der Waals surface area contributed by atoms with E-state index in [1.807, 2.05) is 30.3 Å². The Morgan fingerprint density at radius 1 is 1.12 bits per heavy atom. The standard InChI is InChI=1S/C25H22N6O3/c1-16-22(23(31-34-16)17-6-4-3-5-7-17)24(32)29-21-9-8-20(30-25(21)33-2)18(14-26)15-28-19-10-12-27-13-11-19/h3-15H,26H2,1-2H3,(H,29,32). The van der Waals surface area contributed by atoms with E-state index in [2.05, 4.69) is 25.4 Å². The Balaban J connectivity index is 1.59. The Morgan fingerprint density at radius 3 is 2.59 bits per heavy atom. The molecule has 0 spiro atoms. The molecule has 1 amide bonds. The Hall–Kier alpha value is -4.79. The van der Waals surface area contributed by atoms with Crippen LogP contribution in [0.2, 0.25) is 0 Å². The predicted molar refractivity (Wildman–Crippen MR) is 130 cm³/mol. The van der Waals surface area contributed by atoms with Crippen molar-refractivity contribution in [2.75, 3.05) is 12.4 Å². The number of anilines is 1. The van der Waals surface area contributed by atoms with Gasteiger partial charge in [-0.2, -0.15) is 0 Å². The molecule has 0 saturated heterocycles. The zero-order valence-electron chi connectivity index (χ0n) is 18.6. The Labute approximate surface area is 196 Å². The number of allylic oxidation sites excluding steroid dienone is 1. The molecule has 34 heavy (non-hydrogen) atoms. The lowest BCUT2D eigenvalue weighted by atomic mass is 10.1. The van der Waals surface area contributed by atoms with Crippen molar-refractivity contribution in [3.05, 3.63) is 90.2 Å². The predicted octanol–water partition coefficient (Wildman–Crippen LogP) is 4.40. The molecule has 4 aromatic rings. The third-order valence-corrected chi connectivity index (χ3v) is 4.93. The van der Waals surface area contributed by atoms with Crippen LogP contribution in [0.5, 0.6) is 5.88 Å². The maximum atomic E-state index is 13.1. The summed E-state index contributed by atoms with van der Waals surface area (Å²) in [7, 11) is 1.47. The number of aliphatic imine (C=N–C) groups is 1. The van der Waals surface area contributed by atoms with Crippen molar-refractivity contribution in [1.29, 1.82) is 0 Å². The Kier molecular flexibility index (Phi) is 6.73. The van der Waals surface area contributed by atoms with Crippen molar-refractivity contribution in [3.63, 3.8) is 0 Å². The number of pyridine rings is 2.